The summed E-state index contributed by atoms with van der Waals surface area (Å²) >= 11 is 5.91. The van der Waals surface area contributed by atoms with Crippen molar-refractivity contribution in [3.8, 4) is 0 Å². The minimum Gasteiger partial charge on any atom is -0.478 e. The Hall–Kier alpha value is -1.80. The quantitative estimate of drug-likeness (QED) is 0.907. The van der Waals surface area contributed by atoms with Crippen LogP contribution >= 0.6 is 11.6 Å². The van der Waals surface area contributed by atoms with Crippen molar-refractivity contribution in [1.82, 2.24) is 0 Å². The molecule has 0 aliphatic rings. The zero-order valence-electron chi connectivity index (χ0n) is 9.77. The third-order valence-corrected chi connectivity index (χ3v) is 3.05. The second-order valence-corrected chi connectivity index (χ2v) is 4.53. The van der Waals surface area contributed by atoms with Gasteiger partial charge in [0.15, 0.2) is 0 Å². The summed E-state index contributed by atoms with van der Waals surface area (Å²) in [5.74, 6) is -0.878. The Kier molecular flexibility index (Phi) is 4.00. The first-order valence-corrected chi connectivity index (χ1v) is 6.10. The third-order valence-electron chi connectivity index (χ3n) is 2.82. The Balaban J connectivity index is 2.13. The van der Waals surface area contributed by atoms with Crippen LogP contribution in [0.1, 0.15) is 21.5 Å². The Morgan fingerprint density at radius 1 is 1.06 bits per heavy atom. The maximum absolute atomic E-state index is 11.1. The van der Waals surface area contributed by atoms with E-state index in [1.807, 2.05) is 36.4 Å². The largest absolute Gasteiger partial charge is 0.478 e. The van der Waals surface area contributed by atoms with E-state index in [1.54, 1.807) is 12.1 Å². The van der Waals surface area contributed by atoms with Gasteiger partial charge in [-0.15, -0.1) is 0 Å². The Bertz CT molecular complexity index is 564. The van der Waals surface area contributed by atoms with Crippen LogP contribution < -0.4 is 0 Å². The van der Waals surface area contributed by atoms with E-state index in [-0.39, 0.29) is 0 Å². The highest BCUT2D eigenvalue weighted by molar-refractivity contribution is 6.30. The molecule has 0 spiro atoms. The fourth-order valence-electron chi connectivity index (χ4n) is 1.92. The van der Waals surface area contributed by atoms with Gasteiger partial charge >= 0.3 is 5.97 Å². The first kappa shape index (κ1) is 12.7. The molecular weight excluding hydrogens is 248 g/mol. The van der Waals surface area contributed by atoms with Gasteiger partial charge in [-0.3, -0.25) is 0 Å². The number of rotatable bonds is 4. The van der Waals surface area contributed by atoms with Gasteiger partial charge in [-0.1, -0.05) is 41.9 Å². The molecule has 0 radical (unpaired) electrons. The van der Waals surface area contributed by atoms with Crippen LogP contribution in [0, 0.1) is 0 Å². The minimum atomic E-state index is -0.878. The maximum atomic E-state index is 11.1. The van der Waals surface area contributed by atoms with Gasteiger partial charge in [0.25, 0.3) is 0 Å². The molecule has 0 amide bonds. The van der Waals surface area contributed by atoms with Gasteiger partial charge in [0.05, 0.1) is 5.56 Å². The smallest absolute Gasteiger partial charge is 0.335 e. The van der Waals surface area contributed by atoms with Crippen LogP contribution in [0.5, 0.6) is 0 Å². The van der Waals surface area contributed by atoms with Crippen molar-refractivity contribution in [3.63, 3.8) is 0 Å². The van der Waals surface area contributed by atoms with Crippen LogP contribution in [-0.2, 0) is 12.8 Å². The van der Waals surface area contributed by atoms with Crippen molar-refractivity contribution in [1.29, 1.82) is 0 Å². The average molecular weight is 261 g/mol. The summed E-state index contributed by atoms with van der Waals surface area (Å²) in [6.07, 6.45) is 1.48. The lowest BCUT2D eigenvalue weighted by atomic mass is 10.00. The summed E-state index contributed by atoms with van der Waals surface area (Å²) in [6.45, 7) is 0. The molecule has 0 aliphatic carbocycles. The summed E-state index contributed by atoms with van der Waals surface area (Å²) in [5, 5.41) is 9.79. The predicted molar refractivity (Wildman–Crippen MR) is 72.3 cm³/mol. The maximum Gasteiger partial charge on any atom is 0.335 e. The topological polar surface area (TPSA) is 37.3 Å². The lowest BCUT2D eigenvalue weighted by molar-refractivity contribution is 0.0695. The normalized spacial score (nSPS) is 10.3. The van der Waals surface area contributed by atoms with Crippen LogP contribution in [-0.4, -0.2) is 11.1 Å². The highest BCUT2D eigenvalue weighted by Gasteiger charge is 2.08. The van der Waals surface area contributed by atoms with Crippen LogP contribution in [0.3, 0.4) is 0 Å². The van der Waals surface area contributed by atoms with Crippen molar-refractivity contribution < 1.29 is 9.90 Å². The molecule has 18 heavy (non-hydrogen) atoms. The van der Waals surface area contributed by atoms with E-state index in [2.05, 4.69) is 0 Å². The number of benzene rings is 2. The summed E-state index contributed by atoms with van der Waals surface area (Å²) in [4.78, 5) is 11.1. The molecule has 2 rings (SSSR count). The van der Waals surface area contributed by atoms with E-state index in [1.165, 1.54) is 0 Å². The lowest BCUT2D eigenvalue weighted by Gasteiger charge is -2.06. The molecule has 2 aromatic rings. The zero-order valence-corrected chi connectivity index (χ0v) is 10.5. The Morgan fingerprint density at radius 2 is 1.83 bits per heavy atom. The van der Waals surface area contributed by atoms with E-state index in [4.69, 9.17) is 16.7 Å². The fraction of sp³-hybridized carbons (Fsp3) is 0.133. The number of carboxylic acid groups (broad SMARTS) is 1. The molecule has 2 aromatic carbocycles. The van der Waals surface area contributed by atoms with Crippen molar-refractivity contribution in [2.45, 2.75) is 12.8 Å². The molecule has 0 saturated heterocycles. The predicted octanol–water partition coefficient (Wildman–Crippen LogP) is 3.82. The summed E-state index contributed by atoms with van der Waals surface area (Å²) < 4.78 is 0. The molecule has 0 aromatic heterocycles. The van der Waals surface area contributed by atoms with Gasteiger partial charge in [0.1, 0.15) is 0 Å². The Labute approximate surface area is 111 Å². The third kappa shape index (κ3) is 3.11. The van der Waals surface area contributed by atoms with Gasteiger partial charge in [0, 0.05) is 5.02 Å². The number of carboxylic acids is 1. The standard InChI is InChI=1S/C15H13ClO2/c16-13-6-3-4-11(10-13)8-9-12-5-1-2-7-14(12)15(17)18/h1-7,10H,8-9H2,(H,17,18). The van der Waals surface area contributed by atoms with E-state index < -0.39 is 5.97 Å². The van der Waals surface area contributed by atoms with E-state index in [9.17, 15) is 4.79 Å². The number of halogens is 1. The van der Waals surface area contributed by atoms with Crippen LogP contribution in [0.2, 0.25) is 5.02 Å². The second-order valence-electron chi connectivity index (χ2n) is 4.09. The van der Waals surface area contributed by atoms with Gasteiger partial charge in [0.2, 0.25) is 0 Å². The molecule has 1 N–H and O–H groups in total. The molecule has 0 bridgehead atoms. The molecule has 0 aliphatic heterocycles. The molecule has 0 fully saturated rings. The minimum absolute atomic E-state index is 0.375. The molecular formula is C15H13ClO2. The van der Waals surface area contributed by atoms with E-state index in [0.717, 1.165) is 17.5 Å². The number of aryl methyl sites for hydroxylation is 2. The van der Waals surface area contributed by atoms with Crippen molar-refractivity contribution >= 4 is 17.6 Å². The molecule has 3 heteroatoms. The highest BCUT2D eigenvalue weighted by Crippen LogP contribution is 2.15. The molecule has 92 valence electrons. The number of carbonyl (C=O) groups is 1. The van der Waals surface area contributed by atoms with Crippen LogP contribution in [0.4, 0.5) is 0 Å². The van der Waals surface area contributed by atoms with Crippen molar-refractivity contribution in [3.05, 3.63) is 70.2 Å². The monoisotopic (exact) mass is 260 g/mol. The number of hydrogen-bond acceptors (Lipinski definition) is 1. The van der Waals surface area contributed by atoms with Crippen LogP contribution in [0.15, 0.2) is 48.5 Å². The number of aromatic carboxylic acids is 1. The number of hydrogen-bond donors (Lipinski definition) is 1. The molecule has 0 unspecified atom stereocenters. The van der Waals surface area contributed by atoms with Crippen molar-refractivity contribution in [2.75, 3.05) is 0 Å². The molecule has 0 atom stereocenters. The molecule has 2 nitrogen and oxygen atoms in total. The van der Waals surface area contributed by atoms with E-state index >= 15 is 0 Å². The fourth-order valence-corrected chi connectivity index (χ4v) is 2.13. The SMILES string of the molecule is O=C(O)c1ccccc1CCc1cccc(Cl)c1. The highest BCUT2D eigenvalue weighted by atomic mass is 35.5. The Morgan fingerprint density at radius 3 is 2.56 bits per heavy atom. The summed E-state index contributed by atoms with van der Waals surface area (Å²) in [6, 6.07) is 14.7. The van der Waals surface area contributed by atoms with Gasteiger partial charge in [-0.25, -0.2) is 4.79 Å². The summed E-state index contributed by atoms with van der Waals surface area (Å²) in [5.41, 5.74) is 2.34. The van der Waals surface area contributed by atoms with Gasteiger partial charge < -0.3 is 5.11 Å². The molecule has 0 heterocycles. The average Bonchev–Trinajstić information content (AvgIpc) is 2.37. The first-order chi connectivity index (χ1) is 8.66. The zero-order chi connectivity index (χ0) is 13.0. The second kappa shape index (κ2) is 5.69. The lowest BCUT2D eigenvalue weighted by Crippen LogP contribution is -2.03. The molecule has 0 saturated carbocycles. The van der Waals surface area contributed by atoms with Crippen LogP contribution in [0.25, 0.3) is 0 Å². The van der Waals surface area contributed by atoms with E-state index in [0.29, 0.717) is 17.0 Å². The van der Waals surface area contributed by atoms with Gasteiger partial charge in [-0.05, 0) is 42.2 Å². The van der Waals surface area contributed by atoms with Gasteiger partial charge in [-0.2, -0.15) is 0 Å². The van der Waals surface area contributed by atoms with Crippen molar-refractivity contribution in [2.24, 2.45) is 0 Å². The first-order valence-electron chi connectivity index (χ1n) is 5.72. The summed E-state index contributed by atoms with van der Waals surface area (Å²) in [7, 11) is 0.